The number of anilines is 2. The highest BCUT2D eigenvalue weighted by molar-refractivity contribution is 5.63. The molecule has 0 atom stereocenters. The van der Waals surface area contributed by atoms with E-state index in [4.69, 9.17) is 19.2 Å². The van der Waals surface area contributed by atoms with Gasteiger partial charge in [-0.3, -0.25) is 4.90 Å². The Hall–Kier alpha value is -3.30. The van der Waals surface area contributed by atoms with E-state index in [1.807, 2.05) is 42.5 Å². The van der Waals surface area contributed by atoms with Crippen molar-refractivity contribution in [2.75, 3.05) is 57.9 Å². The molecule has 2 N–H and O–H groups in total. The highest BCUT2D eigenvalue weighted by atomic mass is 16.5. The molecule has 188 valence electrons. The highest BCUT2D eigenvalue weighted by Crippen LogP contribution is 2.26. The maximum atomic E-state index is 6.18. The Morgan fingerprint density at radius 3 is 2.69 bits per heavy atom. The van der Waals surface area contributed by atoms with Gasteiger partial charge in [-0.25, -0.2) is 9.97 Å². The summed E-state index contributed by atoms with van der Waals surface area (Å²) in [5.74, 6) is 1.38. The van der Waals surface area contributed by atoms with E-state index < -0.39 is 0 Å². The van der Waals surface area contributed by atoms with Crippen LogP contribution in [0.2, 0.25) is 0 Å². The summed E-state index contributed by atoms with van der Waals surface area (Å²) in [6.45, 7) is 7.74. The van der Waals surface area contributed by atoms with Crippen LogP contribution in [-0.4, -0.2) is 67.4 Å². The summed E-state index contributed by atoms with van der Waals surface area (Å²) < 4.78 is 17.9. The second-order valence-corrected chi connectivity index (χ2v) is 8.86. The number of ether oxygens (including phenoxy) is 3. The smallest absolute Gasteiger partial charge is 0.227 e. The molecular formula is C28H33N5O3. The van der Waals surface area contributed by atoms with Gasteiger partial charge >= 0.3 is 0 Å². The average Bonchev–Trinajstić information content (AvgIpc) is 2.92. The molecule has 1 saturated heterocycles. The molecule has 8 heteroatoms. The lowest BCUT2D eigenvalue weighted by Crippen LogP contribution is -2.44. The minimum atomic E-state index is 0.440. The summed E-state index contributed by atoms with van der Waals surface area (Å²) in [7, 11) is 0. The summed E-state index contributed by atoms with van der Waals surface area (Å²) in [5.41, 5.74) is 4.85. The molecule has 2 aliphatic rings. The molecule has 1 fully saturated rings. The second-order valence-electron chi connectivity index (χ2n) is 8.86. The van der Waals surface area contributed by atoms with E-state index in [0.717, 1.165) is 66.5 Å². The van der Waals surface area contributed by atoms with Gasteiger partial charge in [0.15, 0.2) is 0 Å². The van der Waals surface area contributed by atoms with Gasteiger partial charge in [-0.05, 0) is 35.9 Å². The number of hydrogen-bond donors (Lipinski definition) is 2. The molecular weight excluding hydrogens is 454 g/mol. The summed E-state index contributed by atoms with van der Waals surface area (Å²) in [6.07, 6.45) is 5.76. The lowest BCUT2D eigenvalue weighted by atomic mass is 10.1. The second kappa shape index (κ2) is 12.6. The molecule has 0 unspecified atom stereocenters. The van der Waals surface area contributed by atoms with Crippen molar-refractivity contribution >= 4 is 11.6 Å². The Morgan fingerprint density at radius 1 is 0.944 bits per heavy atom. The predicted molar refractivity (Wildman–Crippen MR) is 140 cm³/mol. The monoisotopic (exact) mass is 487 g/mol. The van der Waals surface area contributed by atoms with Crippen molar-refractivity contribution in [3.8, 4) is 17.0 Å². The summed E-state index contributed by atoms with van der Waals surface area (Å²) in [5, 5.41) is 6.73. The third kappa shape index (κ3) is 6.89. The topological polar surface area (TPSA) is 80.8 Å². The molecule has 3 aromatic rings. The molecule has 0 saturated carbocycles. The predicted octanol–water partition coefficient (Wildman–Crippen LogP) is 3.77. The number of hydrogen-bond acceptors (Lipinski definition) is 8. The van der Waals surface area contributed by atoms with Crippen LogP contribution in [0.25, 0.3) is 11.3 Å². The van der Waals surface area contributed by atoms with Crippen LogP contribution in [0, 0.1) is 0 Å². The van der Waals surface area contributed by atoms with Crippen LogP contribution in [0.3, 0.4) is 0 Å². The van der Waals surface area contributed by atoms with Crippen molar-refractivity contribution in [1.82, 2.24) is 20.2 Å². The van der Waals surface area contributed by atoms with E-state index in [-0.39, 0.29) is 0 Å². The maximum Gasteiger partial charge on any atom is 0.227 e. The molecule has 2 aliphatic heterocycles. The van der Waals surface area contributed by atoms with Gasteiger partial charge in [0.25, 0.3) is 0 Å². The third-order valence-corrected chi connectivity index (χ3v) is 6.19. The summed E-state index contributed by atoms with van der Waals surface area (Å²) >= 11 is 0. The number of fused-ring (bicyclic) bond motifs is 7. The Morgan fingerprint density at radius 2 is 1.81 bits per heavy atom. The zero-order chi connectivity index (χ0) is 24.4. The first kappa shape index (κ1) is 24.4. The zero-order valence-electron chi connectivity index (χ0n) is 20.5. The molecule has 2 aromatic carbocycles. The van der Waals surface area contributed by atoms with Gasteiger partial charge in [-0.2, -0.15) is 0 Å². The van der Waals surface area contributed by atoms with Gasteiger partial charge in [0.05, 0.1) is 32.1 Å². The average molecular weight is 488 g/mol. The van der Waals surface area contributed by atoms with Crippen molar-refractivity contribution in [3.05, 3.63) is 78.0 Å². The van der Waals surface area contributed by atoms with E-state index in [9.17, 15) is 0 Å². The minimum absolute atomic E-state index is 0.440. The van der Waals surface area contributed by atoms with Crippen LogP contribution in [-0.2, 0) is 22.7 Å². The van der Waals surface area contributed by atoms with Crippen LogP contribution in [0.15, 0.2) is 66.9 Å². The molecule has 0 aliphatic carbocycles. The number of nitrogens with one attached hydrogen (secondary N) is 2. The fourth-order valence-corrected chi connectivity index (χ4v) is 4.28. The number of piperazine rings is 1. The van der Waals surface area contributed by atoms with Crippen molar-refractivity contribution in [2.45, 2.75) is 13.2 Å². The first-order valence-corrected chi connectivity index (χ1v) is 12.5. The molecule has 0 amide bonds. The Bertz CT molecular complexity index is 1160. The fourth-order valence-electron chi connectivity index (χ4n) is 4.28. The summed E-state index contributed by atoms with van der Waals surface area (Å²) in [4.78, 5) is 11.6. The van der Waals surface area contributed by atoms with Crippen LogP contribution < -0.4 is 15.4 Å². The van der Waals surface area contributed by atoms with Gasteiger partial charge in [0, 0.05) is 55.7 Å². The van der Waals surface area contributed by atoms with Gasteiger partial charge in [-0.15, -0.1) is 0 Å². The first-order chi connectivity index (χ1) is 17.8. The third-order valence-electron chi connectivity index (χ3n) is 6.19. The minimum Gasteiger partial charge on any atom is -0.492 e. The molecule has 0 spiro atoms. The number of nitrogens with zero attached hydrogens (tertiary/aromatic N) is 3. The van der Waals surface area contributed by atoms with Crippen LogP contribution in [0.1, 0.15) is 11.1 Å². The SMILES string of the molecule is C1=CCOCc2cc(ccc2OCCN2CCNCC2)Nc2nccc(n2)-c2cccc(c2)COC1. The fraction of sp³-hybridized carbons (Fsp3) is 0.357. The number of aromatic nitrogens is 2. The molecule has 8 nitrogen and oxygen atoms in total. The van der Waals surface area contributed by atoms with Crippen molar-refractivity contribution < 1.29 is 14.2 Å². The molecule has 3 heterocycles. The molecule has 5 rings (SSSR count). The maximum absolute atomic E-state index is 6.18. The van der Waals surface area contributed by atoms with Crippen molar-refractivity contribution in [2.24, 2.45) is 0 Å². The van der Waals surface area contributed by atoms with Crippen LogP contribution >= 0.6 is 0 Å². The Labute approximate surface area is 212 Å². The quantitative estimate of drug-likeness (QED) is 0.539. The molecule has 0 radical (unpaired) electrons. The van der Waals surface area contributed by atoms with Gasteiger partial charge in [-0.1, -0.05) is 30.4 Å². The standard InChI is InChI=1S/C28H33N5O3/c1-2-16-35-21-24-19-25(6-7-27(24)36-17-14-33-12-10-29-11-13-33)31-28-30-9-8-26(32-28)23-5-3-4-22(18-23)20-34-15-1/h1-9,18-19,29H,10-17,20-21H2,(H,30,31,32). The lowest BCUT2D eigenvalue weighted by molar-refractivity contribution is 0.137. The highest BCUT2D eigenvalue weighted by Gasteiger charge is 2.12. The zero-order valence-corrected chi connectivity index (χ0v) is 20.5. The van der Waals surface area contributed by atoms with Crippen molar-refractivity contribution in [1.29, 1.82) is 0 Å². The van der Waals surface area contributed by atoms with E-state index in [1.165, 1.54) is 0 Å². The van der Waals surface area contributed by atoms with Crippen LogP contribution in [0.4, 0.5) is 11.6 Å². The molecule has 36 heavy (non-hydrogen) atoms. The van der Waals surface area contributed by atoms with E-state index in [0.29, 0.717) is 39.0 Å². The van der Waals surface area contributed by atoms with E-state index in [1.54, 1.807) is 6.20 Å². The van der Waals surface area contributed by atoms with Gasteiger partial charge < -0.3 is 24.8 Å². The van der Waals surface area contributed by atoms with Crippen molar-refractivity contribution in [3.63, 3.8) is 0 Å². The van der Waals surface area contributed by atoms with Gasteiger partial charge in [0.1, 0.15) is 12.4 Å². The number of benzene rings is 2. The van der Waals surface area contributed by atoms with Crippen LogP contribution in [0.5, 0.6) is 5.75 Å². The first-order valence-electron chi connectivity index (χ1n) is 12.5. The lowest BCUT2D eigenvalue weighted by Gasteiger charge is -2.27. The van der Waals surface area contributed by atoms with E-state index >= 15 is 0 Å². The largest absolute Gasteiger partial charge is 0.492 e. The number of rotatable bonds is 4. The summed E-state index contributed by atoms with van der Waals surface area (Å²) in [6, 6.07) is 16.2. The normalized spacial score (nSPS) is 17.0. The molecule has 6 bridgehead atoms. The Balaban J connectivity index is 1.35. The van der Waals surface area contributed by atoms with Gasteiger partial charge in [0.2, 0.25) is 5.95 Å². The van der Waals surface area contributed by atoms with E-state index in [2.05, 4.69) is 38.7 Å². The molecule has 1 aromatic heterocycles. The Kier molecular flexibility index (Phi) is 8.54.